The largest absolute Gasteiger partial charge is 0.497 e. The van der Waals surface area contributed by atoms with Crippen molar-refractivity contribution in [3.05, 3.63) is 48.3 Å². The molecule has 0 amide bonds. The van der Waals surface area contributed by atoms with Crippen LogP contribution in [0.5, 0.6) is 11.5 Å². The molecule has 0 heterocycles. The van der Waals surface area contributed by atoms with Gasteiger partial charge in [-0.3, -0.25) is 0 Å². The molecule has 2 rings (SSSR count). The van der Waals surface area contributed by atoms with E-state index in [2.05, 4.69) is 0 Å². The van der Waals surface area contributed by atoms with Crippen LogP contribution in [0, 0.1) is 5.82 Å². The van der Waals surface area contributed by atoms with Crippen molar-refractivity contribution in [1.29, 1.82) is 0 Å². The van der Waals surface area contributed by atoms with E-state index in [1.165, 1.54) is 12.1 Å². The Hall–Kier alpha value is -2.03. The fraction of sp³-hybridized carbons (Fsp3) is 0.200. The minimum Gasteiger partial charge on any atom is -0.497 e. The Balaban J connectivity index is 2.41. The van der Waals surface area contributed by atoms with E-state index in [1.54, 1.807) is 13.2 Å². The first-order chi connectivity index (χ1) is 8.74. The molecule has 0 N–H and O–H groups in total. The van der Waals surface area contributed by atoms with Crippen molar-refractivity contribution in [1.82, 2.24) is 0 Å². The van der Waals surface area contributed by atoms with Gasteiger partial charge >= 0.3 is 0 Å². The number of hydrogen-bond donors (Lipinski definition) is 0. The zero-order valence-electron chi connectivity index (χ0n) is 10.4. The van der Waals surface area contributed by atoms with Crippen LogP contribution in [0.2, 0.25) is 0 Å². The smallest absolute Gasteiger partial charge is 0.130 e. The summed E-state index contributed by atoms with van der Waals surface area (Å²) < 4.78 is 23.8. The number of methoxy groups -OCH3 is 1. The number of halogens is 1. The highest BCUT2D eigenvalue weighted by Crippen LogP contribution is 2.31. The average Bonchev–Trinajstić information content (AvgIpc) is 2.40. The predicted molar refractivity (Wildman–Crippen MR) is 69.6 cm³/mol. The van der Waals surface area contributed by atoms with E-state index in [9.17, 15) is 4.39 Å². The second kappa shape index (κ2) is 5.54. The van der Waals surface area contributed by atoms with Crippen molar-refractivity contribution in [2.75, 3.05) is 13.7 Å². The standard InChI is InChI=1S/C15H15FO2/c1-3-18-15-10-12(16)6-9-14(15)11-4-7-13(17-2)8-5-11/h4-10H,3H2,1-2H3. The van der Waals surface area contributed by atoms with Crippen molar-refractivity contribution < 1.29 is 13.9 Å². The van der Waals surface area contributed by atoms with Crippen LogP contribution in [0.25, 0.3) is 11.1 Å². The summed E-state index contributed by atoms with van der Waals surface area (Å²) in [5, 5.41) is 0. The Kier molecular flexibility index (Phi) is 3.82. The summed E-state index contributed by atoms with van der Waals surface area (Å²) >= 11 is 0. The Morgan fingerprint density at radius 1 is 1.06 bits per heavy atom. The van der Waals surface area contributed by atoms with Gasteiger partial charge in [0.1, 0.15) is 17.3 Å². The van der Waals surface area contributed by atoms with Gasteiger partial charge in [0.05, 0.1) is 13.7 Å². The maximum Gasteiger partial charge on any atom is 0.130 e. The topological polar surface area (TPSA) is 18.5 Å². The Morgan fingerprint density at radius 2 is 1.78 bits per heavy atom. The number of benzene rings is 2. The summed E-state index contributed by atoms with van der Waals surface area (Å²) in [5.41, 5.74) is 1.85. The maximum atomic E-state index is 13.2. The molecule has 0 unspecified atom stereocenters. The van der Waals surface area contributed by atoms with Crippen LogP contribution in [-0.2, 0) is 0 Å². The van der Waals surface area contributed by atoms with Crippen molar-refractivity contribution in [2.24, 2.45) is 0 Å². The molecular formula is C15H15FO2. The molecule has 0 aliphatic heterocycles. The van der Waals surface area contributed by atoms with Crippen LogP contribution in [0.4, 0.5) is 4.39 Å². The quantitative estimate of drug-likeness (QED) is 0.814. The number of ether oxygens (including phenoxy) is 2. The highest BCUT2D eigenvalue weighted by Gasteiger charge is 2.07. The van der Waals surface area contributed by atoms with Gasteiger partial charge in [0.25, 0.3) is 0 Å². The molecule has 2 nitrogen and oxygen atoms in total. The van der Waals surface area contributed by atoms with Gasteiger partial charge in [-0.05, 0) is 36.8 Å². The van der Waals surface area contributed by atoms with E-state index in [4.69, 9.17) is 9.47 Å². The summed E-state index contributed by atoms with van der Waals surface area (Å²) in [5.74, 6) is 1.05. The third kappa shape index (κ3) is 2.62. The molecule has 94 valence electrons. The molecule has 0 fully saturated rings. The molecule has 0 atom stereocenters. The van der Waals surface area contributed by atoms with Gasteiger partial charge in [-0.25, -0.2) is 4.39 Å². The second-order valence-corrected chi connectivity index (χ2v) is 3.80. The van der Waals surface area contributed by atoms with Crippen LogP contribution >= 0.6 is 0 Å². The maximum absolute atomic E-state index is 13.2. The van der Waals surface area contributed by atoms with E-state index in [0.717, 1.165) is 16.9 Å². The minimum absolute atomic E-state index is 0.296. The van der Waals surface area contributed by atoms with Crippen LogP contribution in [0.1, 0.15) is 6.92 Å². The van der Waals surface area contributed by atoms with Crippen LogP contribution in [0.3, 0.4) is 0 Å². The lowest BCUT2D eigenvalue weighted by Crippen LogP contribution is -1.95. The van der Waals surface area contributed by atoms with Crippen molar-refractivity contribution >= 4 is 0 Å². The monoisotopic (exact) mass is 246 g/mol. The normalized spacial score (nSPS) is 10.2. The van der Waals surface area contributed by atoms with E-state index >= 15 is 0 Å². The zero-order valence-corrected chi connectivity index (χ0v) is 10.4. The predicted octanol–water partition coefficient (Wildman–Crippen LogP) is 3.90. The van der Waals surface area contributed by atoms with Gasteiger partial charge in [-0.2, -0.15) is 0 Å². The molecule has 0 saturated heterocycles. The second-order valence-electron chi connectivity index (χ2n) is 3.80. The van der Waals surface area contributed by atoms with Gasteiger partial charge in [-0.15, -0.1) is 0 Å². The van der Waals surface area contributed by atoms with Gasteiger partial charge in [0.2, 0.25) is 0 Å². The molecule has 2 aromatic carbocycles. The molecular weight excluding hydrogens is 231 g/mol. The number of hydrogen-bond acceptors (Lipinski definition) is 2. The third-order valence-electron chi connectivity index (χ3n) is 2.64. The molecule has 0 aromatic heterocycles. The summed E-state index contributed by atoms with van der Waals surface area (Å²) in [6.45, 7) is 2.38. The first-order valence-corrected chi connectivity index (χ1v) is 5.81. The molecule has 0 bridgehead atoms. The molecule has 18 heavy (non-hydrogen) atoms. The summed E-state index contributed by atoms with van der Waals surface area (Å²) in [6, 6.07) is 12.2. The zero-order chi connectivity index (χ0) is 13.0. The van der Waals surface area contributed by atoms with Crippen LogP contribution < -0.4 is 9.47 Å². The Labute approximate surface area is 106 Å². The minimum atomic E-state index is -0.296. The van der Waals surface area contributed by atoms with E-state index < -0.39 is 0 Å². The van der Waals surface area contributed by atoms with Gasteiger partial charge in [-0.1, -0.05) is 12.1 Å². The summed E-state index contributed by atoms with van der Waals surface area (Å²) in [7, 11) is 1.62. The molecule has 0 aliphatic carbocycles. The SMILES string of the molecule is CCOc1cc(F)ccc1-c1ccc(OC)cc1. The lowest BCUT2D eigenvalue weighted by atomic mass is 10.0. The van der Waals surface area contributed by atoms with Gasteiger partial charge in [0.15, 0.2) is 0 Å². The highest BCUT2D eigenvalue weighted by atomic mass is 19.1. The van der Waals surface area contributed by atoms with E-state index in [-0.39, 0.29) is 5.82 Å². The lowest BCUT2D eigenvalue weighted by Gasteiger charge is -2.11. The van der Waals surface area contributed by atoms with E-state index in [0.29, 0.717) is 12.4 Å². The van der Waals surface area contributed by atoms with Crippen molar-refractivity contribution in [2.45, 2.75) is 6.92 Å². The van der Waals surface area contributed by atoms with Crippen molar-refractivity contribution in [3.8, 4) is 22.6 Å². The van der Waals surface area contributed by atoms with Crippen molar-refractivity contribution in [3.63, 3.8) is 0 Å². The molecule has 0 saturated carbocycles. The first kappa shape index (κ1) is 12.4. The van der Waals surface area contributed by atoms with E-state index in [1.807, 2.05) is 31.2 Å². The highest BCUT2D eigenvalue weighted by molar-refractivity contribution is 5.70. The Bertz CT molecular complexity index is 521. The number of rotatable bonds is 4. The lowest BCUT2D eigenvalue weighted by molar-refractivity contribution is 0.339. The van der Waals surface area contributed by atoms with Gasteiger partial charge in [0, 0.05) is 11.6 Å². The van der Waals surface area contributed by atoms with Gasteiger partial charge < -0.3 is 9.47 Å². The summed E-state index contributed by atoms with van der Waals surface area (Å²) in [6.07, 6.45) is 0. The first-order valence-electron chi connectivity index (χ1n) is 5.81. The average molecular weight is 246 g/mol. The van der Waals surface area contributed by atoms with Crippen LogP contribution in [-0.4, -0.2) is 13.7 Å². The fourth-order valence-electron chi connectivity index (χ4n) is 1.78. The molecule has 0 radical (unpaired) electrons. The summed E-state index contributed by atoms with van der Waals surface area (Å²) in [4.78, 5) is 0. The Morgan fingerprint density at radius 3 is 2.39 bits per heavy atom. The molecule has 2 aromatic rings. The molecule has 3 heteroatoms. The molecule has 0 aliphatic rings. The van der Waals surface area contributed by atoms with Crippen LogP contribution in [0.15, 0.2) is 42.5 Å². The fourth-order valence-corrected chi connectivity index (χ4v) is 1.78. The molecule has 0 spiro atoms. The third-order valence-corrected chi connectivity index (χ3v) is 2.64.